The molecule has 1 fully saturated rings. The summed E-state index contributed by atoms with van der Waals surface area (Å²) in [5.74, 6) is 0. The molecule has 13 heavy (non-hydrogen) atoms. The Hall–Kier alpha value is 0.690. The highest BCUT2D eigenvalue weighted by atomic mass is 127. The van der Waals surface area contributed by atoms with Gasteiger partial charge in [0.15, 0.2) is 6.23 Å². The maximum Gasteiger partial charge on any atom is 0.411 e. The van der Waals surface area contributed by atoms with Crippen molar-refractivity contribution in [2.45, 2.75) is 20.5 Å². The van der Waals surface area contributed by atoms with Crippen LogP contribution in [0.2, 0.25) is 0 Å². The van der Waals surface area contributed by atoms with Crippen molar-refractivity contribution in [1.82, 2.24) is 4.90 Å². The zero-order valence-electron chi connectivity index (χ0n) is 7.17. The Bertz CT molecular complexity index is 210. The monoisotopic (exact) mass is 411 g/mol. The summed E-state index contributed by atoms with van der Waals surface area (Å²) in [7, 11) is 1.33. The Kier molecular flexibility index (Phi) is 4.05. The number of piperidine rings is 1. The molecule has 0 bridgehead atoms. The zero-order chi connectivity index (χ0) is 10.1. The average molecular weight is 411 g/mol. The summed E-state index contributed by atoms with van der Waals surface area (Å²) in [4.78, 5) is 12.6. The number of hydrogen-bond donors (Lipinski definition) is 1. The lowest BCUT2D eigenvalue weighted by Gasteiger charge is -2.39. The molecule has 0 aromatic carbocycles. The molecule has 1 atom stereocenters. The molecule has 0 aliphatic carbocycles. The summed E-state index contributed by atoms with van der Waals surface area (Å²) in [6.07, 6.45) is 0.598. The van der Waals surface area contributed by atoms with Crippen LogP contribution in [0.15, 0.2) is 0 Å². The van der Waals surface area contributed by atoms with Crippen LogP contribution >= 0.6 is 45.2 Å². The lowest BCUT2D eigenvalue weighted by molar-refractivity contribution is -0.0122. The summed E-state index contributed by atoms with van der Waals surface area (Å²) in [5.41, 5.74) is 0. The number of carbonyl (C=O) groups excluding carboxylic acids is 1. The lowest BCUT2D eigenvalue weighted by atomic mass is 10.1. The number of ether oxygens (including phenoxy) is 1. The molecular weight excluding hydrogens is 400 g/mol. The predicted molar refractivity (Wildman–Crippen MR) is 65.1 cm³/mol. The first kappa shape index (κ1) is 11.8. The maximum absolute atomic E-state index is 11.2. The standard InChI is InChI=1S/C7H11I2NO3/c1-13-6(12)10-4-2-3-7(8,9)5(10)11/h5,11H,2-4H2,1H3/t5-/m1/s1. The average Bonchev–Trinajstić information content (AvgIpc) is 2.08. The largest absolute Gasteiger partial charge is 0.453 e. The Morgan fingerprint density at radius 3 is 2.85 bits per heavy atom. The van der Waals surface area contributed by atoms with Crippen molar-refractivity contribution in [2.24, 2.45) is 0 Å². The second-order valence-electron chi connectivity index (χ2n) is 2.90. The van der Waals surface area contributed by atoms with Gasteiger partial charge < -0.3 is 9.84 Å². The van der Waals surface area contributed by atoms with E-state index in [2.05, 4.69) is 49.9 Å². The van der Waals surface area contributed by atoms with Crippen molar-refractivity contribution in [1.29, 1.82) is 0 Å². The number of hydrogen-bond acceptors (Lipinski definition) is 3. The van der Waals surface area contributed by atoms with Crippen LogP contribution in [-0.2, 0) is 4.74 Å². The number of amides is 1. The third kappa shape index (κ3) is 2.58. The van der Waals surface area contributed by atoms with Crippen molar-refractivity contribution >= 4 is 51.3 Å². The van der Waals surface area contributed by atoms with Gasteiger partial charge in [-0.25, -0.2) is 4.79 Å². The van der Waals surface area contributed by atoms with Gasteiger partial charge in [-0.15, -0.1) is 0 Å². The quantitative estimate of drug-likeness (QED) is 0.488. The number of carbonyl (C=O) groups is 1. The SMILES string of the molecule is COC(=O)N1CCCC(I)(I)[C@H]1O. The third-order valence-electron chi connectivity index (χ3n) is 1.99. The number of aliphatic hydroxyl groups excluding tert-OH is 1. The fourth-order valence-electron chi connectivity index (χ4n) is 1.27. The molecule has 0 aromatic heterocycles. The Morgan fingerprint density at radius 1 is 1.69 bits per heavy atom. The summed E-state index contributed by atoms with van der Waals surface area (Å²) >= 11 is 4.34. The van der Waals surface area contributed by atoms with Crippen LogP contribution in [0.25, 0.3) is 0 Å². The Labute approximate surface area is 104 Å². The van der Waals surface area contributed by atoms with Gasteiger partial charge in [-0.05, 0) is 12.8 Å². The van der Waals surface area contributed by atoms with Crippen molar-refractivity contribution in [3.8, 4) is 0 Å². The van der Waals surface area contributed by atoms with E-state index in [0.717, 1.165) is 12.8 Å². The second-order valence-corrected chi connectivity index (χ2v) is 8.82. The molecule has 76 valence electrons. The van der Waals surface area contributed by atoms with Gasteiger partial charge in [0.05, 0.1) is 7.11 Å². The van der Waals surface area contributed by atoms with Crippen molar-refractivity contribution < 1.29 is 14.6 Å². The molecule has 0 spiro atoms. The van der Waals surface area contributed by atoms with Gasteiger partial charge in [-0.3, -0.25) is 4.90 Å². The molecule has 6 heteroatoms. The summed E-state index contributed by atoms with van der Waals surface area (Å²) < 4.78 is 4.28. The Balaban J connectivity index is 2.71. The summed E-state index contributed by atoms with van der Waals surface area (Å²) in [6, 6.07) is 0. The van der Waals surface area contributed by atoms with Crippen molar-refractivity contribution in [3.05, 3.63) is 0 Å². The van der Waals surface area contributed by atoms with Crippen LogP contribution in [0.4, 0.5) is 4.79 Å². The highest BCUT2D eigenvalue weighted by molar-refractivity contribution is 14.2. The van der Waals surface area contributed by atoms with E-state index < -0.39 is 12.3 Å². The van der Waals surface area contributed by atoms with E-state index in [9.17, 15) is 9.90 Å². The topological polar surface area (TPSA) is 49.8 Å². The van der Waals surface area contributed by atoms with Crippen LogP contribution in [0.1, 0.15) is 12.8 Å². The van der Waals surface area contributed by atoms with Gasteiger partial charge >= 0.3 is 6.09 Å². The van der Waals surface area contributed by atoms with E-state index in [-0.39, 0.29) is 1.43 Å². The van der Waals surface area contributed by atoms with E-state index in [1.807, 2.05) is 0 Å². The molecule has 0 unspecified atom stereocenters. The highest BCUT2D eigenvalue weighted by Gasteiger charge is 2.42. The molecule has 1 rings (SSSR count). The van der Waals surface area contributed by atoms with Gasteiger partial charge in [-0.2, -0.15) is 0 Å². The molecular formula is C7H11I2NO3. The number of aliphatic hydroxyl groups is 1. The molecule has 4 nitrogen and oxygen atoms in total. The zero-order valence-corrected chi connectivity index (χ0v) is 11.5. The minimum absolute atomic E-state index is 0.290. The van der Waals surface area contributed by atoms with Crippen LogP contribution in [0, 0.1) is 0 Å². The molecule has 1 amide bonds. The molecule has 1 saturated heterocycles. The number of halogens is 2. The van der Waals surface area contributed by atoms with Gasteiger partial charge in [0.2, 0.25) is 0 Å². The number of likely N-dealkylation sites (tertiary alicyclic amines) is 1. The number of rotatable bonds is 0. The van der Waals surface area contributed by atoms with E-state index in [1.165, 1.54) is 12.0 Å². The normalized spacial score (nSPS) is 27.1. The smallest absolute Gasteiger partial charge is 0.411 e. The first-order chi connectivity index (χ1) is 5.99. The van der Waals surface area contributed by atoms with Gasteiger partial charge in [0, 0.05) is 6.54 Å². The van der Waals surface area contributed by atoms with Crippen LogP contribution in [-0.4, -0.2) is 37.4 Å². The number of nitrogens with zero attached hydrogens (tertiary/aromatic N) is 1. The van der Waals surface area contributed by atoms with Crippen LogP contribution < -0.4 is 0 Å². The van der Waals surface area contributed by atoms with Gasteiger partial charge in [0.1, 0.15) is 1.43 Å². The molecule has 0 saturated carbocycles. The molecule has 1 N–H and O–H groups in total. The van der Waals surface area contributed by atoms with E-state index in [4.69, 9.17) is 0 Å². The first-order valence-corrected chi connectivity index (χ1v) is 6.05. The molecule has 1 heterocycles. The summed E-state index contributed by atoms with van der Waals surface area (Å²) in [5, 5.41) is 9.81. The van der Waals surface area contributed by atoms with Crippen molar-refractivity contribution in [2.75, 3.05) is 13.7 Å². The van der Waals surface area contributed by atoms with E-state index in [0.29, 0.717) is 6.54 Å². The molecule has 1 aliphatic rings. The van der Waals surface area contributed by atoms with Crippen molar-refractivity contribution in [3.63, 3.8) is 0 Å². The van der Waals surface area contributed by atoms with Crippen LogP contribution in [0.3, 0.4) is 0 Å². The molecule has 1 aliphatic heterocycles. The third-order valence-corrected chi connectivity index (χ3v) is 4.18. The lowest BCUT2D eigenvalue weighted by Crippen LogP contribution is -2.52. The van der Waals surface area contributed by atoms with E-state index in [1.54, 1.807) is 0 Å². The predicted octanol–water partition coefficient (Wildman–Crippen LogP) is 1.73. The summed E-state index contributed by atoms with van der Waals surface area (Å²) in [6.45, 7) is 0.571. The number of methoxy groups -OCH3 is 1. The fourth-order valence-corrected chi connectivity index (χ4v) is 2.71. The number of alkyl halides is 2. The minimum Gasteiger partial charge on any atom is -0.453 e. The maximum atomic E-state index is 11.2. The molecule has 0 aromatic rings. The van der Waals surface area contributed by atoms with Crippen LogP contribution in [0.5, 0.6) is 0 Å². The minimum atomic E-state index is -0.755. The van der Waals surface area contributed by atoms with E-state index >= 15 is 0 Å². The second kappa shape index (κ2) is 4.47. The first-order valence-electron chi connectivity index (χ1n) is 3.89. The fraction of sp³-hybridized carbons (Fsp3) is 0.857. The Morgan fingerprint density at radius 2 is 2.31 bits per heavy atom. The van der Waals surface area contributed by atoms with Gasteiger partial charge in [0.25, 0.3) is 0 Å². The van der Waals surface area contributed by atoms with Gasteiger partial charge in [-0.1, -0.05) is 45.2 Å². The highest BCUT2D eigenvalue weighted by Crippen LogP contribution is 2.41. The molecule has 0 radical (unpaired) electrons.